The highest BCUT2D eigenvalue weighted by Gasteiger charge is 2.22. The topological polar surface area (TPSA) is 95.1 Å². The van der Waals surface area contributed by atoms with Crippen molar-refractivity contribution in [3.8, 4) is 5.75 Å². The van der Waals surface area contributed by atoms with E-state index in [9.17, 15) is 9.59 Å². The zero-order valence-corrected chi connectivity index (χ0v) is 20.7. The van der Waals surface area contributed by atoms with Crippen LogP contribution in [-0.4, -0.2) is 56.0 Å². The van der Waals surface area contributed by atoms with Crippen LogP contribution in [0.1, 0.15) is 28.4 Å². The van der Waals surface area contributed by atoms with Gasteiger partial charge >= 0.3 is 0 Å². The number of benzene rings is 2. The van der Waals surface area contributed by atoms with Crippen LogP contribution < -0.4 is 20.7 Å². The number of hydrogen-bond acceptors (Lipinski definition) is 4. The molecule has 32 heavy (non-hydrogen) atoms. The summed E-state index contributed by atoms with van der Waals surface area (Å²) in [5.74, 6) is 1.30. The molecule has 0 aliphatic carbocycles. The first kappa shape index (κ1) is 25.4. The van der Waals surface area contributed by atoms with Crippen molar-refractivity contribution in [3.05, 3.63) is 65.2 Å². The van der Waals surface area contributed by atoms with Crippen molar-refractivity contribution < 1.29 is 14.3 Å². The quantitative estimate of drug-likeness (QED) is 0.279. The molecule has 0 spiro atoms. The second kappa shape index (κ2) is 12.9. The van der Waals surface area contributed by atoms with Gasteiger partial charge in [-0.15, -0.1) is 24.0 Å². The molecule has 0 unspecified atom stereocenters. The molecule has 0 radical (unpaired) electrons. The Kier molecular flexibility index (Phi) is 10.3. The molecule has 1 fully saturated rings. The fourth-order valence-electron chi connectivity index (χ4n) is 3.19. The van der Waals surface area contributed by atoms with Gasteiger partial charge in [0.15, 0.2) is 5.96 Å². The van der Waals surface area contributed by atoms with Gasteiger partial charge in [-0.1, -0.05) is 24.3 Å². The number of nitrogens with one attached hydrogen (secondary N) is 3. The summed E-state index contributed by atoms with van der Waals surface area (Å²) in [4.78, 5) is 30.3. The Hall–Kier alpha value is -2.82. The fourth-order valence-corrected chi connectivity index (χ4v) is 3.19. The number of halogens is 1. The number of guanidine groups is 1. The van der Waals surface area contributed by atoms with E-state index in [2.05, 4.69) is 20.9 Å². The van der Waals surface area contributed by atoms with Gasteiger partial charge in [0, 0.05) is 31.7 Å². The maximum absolute atomic E-state index is 12.6. The summed E-state index contributed by atoms with van der Waals surface area (Å²) >= 11 is 0. The van der Waals surface area contributed by atoms with Crippen molar-refractivity contribution in [1.29, 1.82) is 0 Å². The monoisotopic (exact) mass is 551 g/mol. The fraction of sp³-hybridized carbons (Fsp3) is 0.348. The molecule has 1 heterocycles. The second-order valence-corrected chi connectivity index (χ2v) is 7.17. The molecule has 0 bridgehead atoms. The second-order valence-electron chi connectivity index (χ2n) is 7.17. The average Bonchev–Trinajstić information content (AvgIpc) is 2.81. The first-order chi connectivity index (χ1) is 15.1. The molecule has 9 heteroatoms. The predicted molar refractivity (Wildman–Crippen MR) is 135 cm³/mol. The van der Waals surface area contributed by atoms with Crippen LogP contribution in [0.5, 0.6) is 5.75 Å². The zero-order valence-electron chi connectivity index (χ0n) is 18.4. The van der Waals surface area contributed by atoms with E-state index in [0.29, 0.717) is 31.7 Å². The van der Waals surface area contributed by atoms with Gasteiger partial charge in [-0.2, -0.15) is 0 Å². The van der Waals surface area contributed by atoms with Crippen LogP contribution in [0.15, 0.2) is 53.5 Å². The Labute approximate surface area is 205 Å². The van der Waals surface area contributed by atoms with Crippen LogP contribution >= 0.6 is 24.0 Å². The van der Waals surface area contributed by atoms with Gasteiger partial charge < -0.3 is 25.6 Å². The summed E-state index contributed by atoms with van der Waals surface area (Å²) in [5.41, 5.74) is 2.70. The molecule has 1 saturated heterocycles. The van der Waals surface area contributed by atoms with Crippen molar-refractivity contribution in [3.63, 3.8) is 0 Å². The molecule has 2 amide bonds. The largest absolute Gasteiger partial charge is 0.497 e. The Balaban J connectivity index is 0.00000363. The Bertz CT molecular complexity index is 916. The highest BCUT2D eigenvalue weighted by Crippen LogP contribution is 2.12. The van der Waals surface area contributed by atoms with E-state index >= 15 is 0 Å². The van der Waals surface area contributed by atoms with Crippen LogP contribution in [0.2, 0.25) is 0 Å². The SMILES string of the molecule is CCNC(=NCc1ccc(OC)cc1)NCc1ccc(C(=O)N2CCNC(=O)C2)cc1.I. The standard InChI is InChI=1S/C23H29N5O3.HI/c1-3-24-23(27-15-18-6-10-20(31-2)11-7-18)26-14-17-4-8-19(9-5-17)22(30)28-13-12-25-21(29)16-28;/h4-11H,3,12-16H2,1-2H3,(H,25,29)(H2,24,26,27);1H. The maximum atomic E-state index is 12.6. The van der Waals surface area contributed by atoms with Crippen molar-refractivity contribution in [2.45, 2.75) is 20.0 Å². The number of rotatable bonds is 7. The summed E-state index contributed by atoms with van der Waals surface area (Å²) < 4.78 is 5.18. The number of methoxy groups -OCH3 is 1. The van der Waals surface area contributed by atoms with E-state index < -0.39 is 0 Å². The lowest BCUT2D eigenvalue weighted by molar-refractivity contribution is -0.123. The van der Waals surface area contributed by atoms with Crippen molar-refractivity contribution in [1.82, 2.24) is 20.9 Å². The molecular formula is C23H30IN5O3. The normalized spacial score (nSPS) is 13.6. The molecule has 1 aliphatic heterocycles. The highest BCUT2D eigenvalue weighted by atomic mass is 127. The third-order valence-corrected chi connectivity index (χ3v) is 4.91. The summed E-state index contributed by atoms with van der Waals surface area (Å²) in [6, 6.07) is 15.3. The first-order valence-electron chi connectivity index (χ1n) is 10.4. The summed E-state index contributed by atoms with van der Waals surface area (Å²) in [5, 5.41) is 9.28. The number of ether oxygens (including phenoxy) is 1. The summed E-state index contributed by atoms with van der Waals surface area (Å²) in [7, 11) is 1.65. The molecular weight excluding hydrogens is 521 g/mol. The van der Waals surface area contributed by atoms with E-state index in [1.165, 1.54) is 0 Å². The summed E-state index contributed by atoms with van der Waals surface area (Å²) in [6.45, 7) is 5.04. The molecule has 2 aromatic carbocycles. The first-order valence-corrected chi connectivity index (χ1v) is 10.4. The van der Waals surface area contributed by atoms with Gasteiger partial charge in [-0.05, 0) is 42.3 Å². The van der Waals surface area contributed by atoms with Gasteiger partial charge in [0.1, 0.15) is 5.75 Å². The lowest BCUT2D eigenvalue weighted by Crippen LogP contribution is -2.49. The zero-order chi connectivity index (χ0) is 22.1. The van der Waals surface area contributed by atoms with Gasteiger partial charge in [-0.3, -0.25) is 9.59 Å². The van der Waals surface area contributed by atoms with E-state index in [1.807, 2.05) is 43.3 Å². The molecule has 0 aromatic heterocycles. The number of nitrogens with zero attached hydrogens (tertiary/aromatic N) is 2. The highest BCUT2D eigenvalue weighted by molar-refractivity contribution is 14.0. The van der Waals surface area contributed by atoms with Crippen LogP contribution in [0.3, 0.4) is 0 Å². The lowest BCUT2D eigenvalue weighted by Gasteiger charge is -2.26. The average molecular weight is 551 g/mol. The molecule has 8 nitrogen and oxygen atoms in total. The van der Waals surface area contributed by atoms with E-state index in [1.54, 1.807) is 24.1 Å². The lowest BCUT2D eigenvalue weighted by atomic mass is 10.1. The van der Waals surface area contributed by atoms with Gasteiger partial charge in [0.25, 0.3) is 5.91 Å². The van der Waals surface area contributed by atoms with Gasteiger partial charge in [0.2, 0.25) is 5.91 Å². The van der Waals surface area contributed by atoms with Crippen LogP contribution in [0.4, 0.5) is 0 Å². The van der Waals surface area contributed by atoms with Crippen LogP contribution in [0, 0.1) is 0 Å². The Morgan fingerprint density at radius 2 is 1.78 bits per heavy atom. The molecule has 1 aliphatic rings. The number of carbonyl (C=O) groups is 2. The minimum Gasteiger partial charge on any atom is -0.497 e. The van der Waals surface area contributed by atoms with Gasteiger partial charge in [0.05, 0.1) is 20.2 Å². The molecule has 0 saturated carbocycles. The third kappa shape index (κ3) is 7.40. The number of piperazine rings is 1. The van der Waals surface area contributed by atoms with Crippen molar-refractivity contribution >= 4 is 41.8 Å². The van der Waals surface area contributed by atoms with Crippen molar-refractivity contribution in [2.24, 2.45) is 4.99 Å². The molecule has 2 aromatic rings. The predicted octanol–water partition coefficient (Wildman–Crippen LogP) is 2.14. The van der Waals surface area contributed by atoms with E-state index in [-0.39, 0.29) is 42.3 Å². The van der Waals surface area contributed by atoms with Crippen LogP contribution in [-0.2, 0) is 17.9 Å². The number of aliphatic imine (C=N–C) groups is 1. The Morgan fingerprint density at radius 3 is 2.41 bits per heavy atom. The number of amides is 2. The minimum atomic E-state index is -0.122. The van der Waals surface area contributed by atoms with E-state index in [4.69, 9.17) is 4.74 Å². The summed E-state index contributed by atoms with van der Waals surface area (Å²) in [6.07, 6.45) is 0. The van der Waals surface area contributed by atoms with Crippen molar-refractivity contribution in [2.75, 3.05) is 33.3 Å². The smallest absolute Gasteiger partial charge is 0.254 e. The molecule has 3 N–H and O–H groups in total. The van der Waals surface area contributed by atoms with E-state index in [0.717, 1.165) is 29.4 Å². The molecule has 172 valence electrons. The number of carbonyl (C=O) groups excluding carboxylic acids is 2. The number of hydrogen-bond donors (Lipinski definition) is 3. The van der Waals surface area contributed by atoms with Crippen LogP contribution in [0.25, 0.3) is 0 Å². The Morgan fingerprint density at radius 1 is 1.09 bits per heavy atom. The third-order valence-electron chi connectivity index (χ3n) is 4.91. The van der Waals surface area contributed by atoms with Gasteiger partial charge in [-0.25, -0.2) is 4.99 Å². The molecule has 3 rings (SSSR count). The molecule has 0 atom stereocenters. The maximum Gasteiger partial charge on any atom is 0.254 e. The minimum absolute atomic E-state index is 0.